The molecule has 0 radical (unpaired) electrons. The van der Waals surface area contributed by atoms with E-state index < -0.39 is 5.60 Å². The van der Waals surface area contributed by atoms with Gasteiger partial charge in [-0.15, -0.1) is 0 Å². The molecule has 0 spiro atoms. The van der Waals surface area contributed by atoms with Gasteiger partial charge in [-0.05, 0) is 43.4 Å². The lowest BCUT2D eigenvalue weighted by Crippen LogP contribution is -2.54. The van der Waals surface area contributed by atoms with Crippen molar-refractivity contribution in [3.8, 4) is 0 Å². The third-order valence-corrected chi connectivity index (χ3v) is 5.70. The molecule has 0 bridgehead atoms. The minimum absolute atomic E-state index is 0.198. The second-order valence-corrected chi connectivity index (χ2v) is 7.33. The van der Waals surface area contributed by atoms with Crippen LogP contribution in [0, 0.1) is 5.41 Å². The lowest BCUT2D eigenvalue weighted by Gasteiger charge is -2.46. The highest BCUT2D eigenvalue weighted by Crippen LogP contribution is 2.44. The van der Waals surface area contributed by atoms with Gasteiger partial charge in [0, 0.05) is 25.2 Å². The maximum absolute atomic E-state index is 12.8. The zero-order valence-electron chi connectivity index (χ0n) is 13.6. The number of piperidine rings is 1. The summed E-state index contributed by atoms with van der Waals surface area (Å²) in [6.45, 7) is 1.68. The molecule has 1 N–H and O–H groups in total. The van der Waals surface area contributed by atoms with Crippen LogP contribution >= 0.6 is 11.6 Å². The minimum Gasteiger partial charge on any atom is -0.385 e. The molecule has 1 saturated heterocycles. The van der Waals surface area contributed by atoms with Gasteiger partial charge in [-0.25, -0.2) is 0 Å². The molecule has 4 nitrogen and oxygen atoms in total. The van der Waals surface area contributed by atoms with Crippen LogP contribution in [0.25, 0.3) is 0 Å². The molecule has 1 aliphatic carbocycles. The van der Waals surface area contributed by atoms with Gasteiger partial charge in [-0.1, -0.05) is 30.2 Å². The zero-order valence-corrected chi connectivity index (χ0v) is 14.3. The van der Waals surface area contributed by atoms with E-state index in [1.165, 1.54) is 0 Å². The molecule has 126 valence electrons. The summed E-state index contributed by atoms with van der Waals surface area (Å²) in [6, 6.07) is 7.35. The normalized spacial score (nSPS) is 22.5. The van der Waals surface area contributed by atoms with Crippen molar-refractivity contribution in [2.24, 2.45) is 5.41 Å². The number of likely N-dealkylation sites (tertiary alicyclic amines) is 1. The summed E-state index contributed by atoms with van der Waals surface area (Å²) >= 11 is 5.92. The number of hydrogen-bond acceptors (Lipinski definition) is 3. The number of halogens is 1. The lowest BCUT2D eigenvalue weighted by molar-refractivity contribution is -0.156. The van der Waals surface area contributed by atoms with E-state index in [0.717, 1.165) is 24.8 Å². The van der Waals surface area contributed by atoms with Crippen molar-refractivity contribution in [3.05, 3.63) is 34.9 Å². The van der Waals surface area contributed by atoms with Crippen molar-refractivity contribution >= 4 is 17.5 Å². The summed E-state index contributed by atoms with van der Waals surface area (Å²) in [5.41, 5.74) is -0.302. The highest BCUT2D eigenvalue weighted by atomic mass is 35.5. The zero-order chi connectivity index (χ0) is 16.5. The monoisotopic (exact) mass is 337 g/mol. The largest absolute Gasteiger partial charge is 0.385 e. The van der Waals surface area contributed by atoms with Crippen molar-refractivity contribution in [2.45, 2.75) is 37.7 Å². The van der Waals surface area contributed by atoms with Gasteiger partial charge in [0.25, 0.3) is 0 Å². The van der Waals surface area contributed by atoms with Crippen molar-refractivity contribution in [1.82, 2.24) is 4.90 Å². The summed E-state index contributed by atoms with van der Waals surface area (Å²) < 4.78 is 5.27. The standard InChI is InChI=1S/C18H24ClNO3/c1-23-13-17(7-2-8-17)16(21)20-11-9-18(22,10-12-20)14-3-5-15(19)6-4-14/h3-6,22H,2,7-13H2,1H3. The molecule has 1 aromatic rings. The molecule has 0 aromatic heterocycles. The molecule has 5 heteroatoms. The molecule has 1 amide bonds. The summed E-state index contributed by atoms with van der Waals surface area (Å²) in [6.07, 6.45) is 4.04. The Morgan fingerprint density at radius 2 is 1.83 bits per heavy atom. The highest BCUT2D eigenvalue weighted by molar-refractivity contribution is 6.30. The second kappa shape index (κ2) is 6.42. The number of amides is 1. The van der Waals surface area contributed by atoms with Crippen molar-refractivity contribution < 1.29 is 14.6 Å². The van der Waals surface area contributed by atoms with E-state index in [1.54, 1.807) is 19.2 Å². The van der Waals surface area contributed by atoms with Gasteiger partial charge in [0.1, 0.15) is 0 Å². The van der Waals surface area contributed by atoms with E-state index in [1.807, 2.05) is 17.0 Å². The molecule has 1 heterocycles. The number of carbonyl (C=O) groups is 1. The first-order valence-corrected chi connectivity index (χ1v) is 8.64. The Hall–Kier alpha value is -1.10. The van der Waals surface area contributed by atoms with E-state index in [-0.39, 0.29) is 11.3 Å². The molecule has 1 aromatic carbocycles. The molecule has 2 aliphatic rings. The van der Waals surface area contributed by atoms with Gasteiger partial charge < -0.3 is 14.7 Å². The Balaban J connectivity index is 1.66. The number of benzene rings is 1. The van der Waals surface area contributed by atoms with Crippen LogP contribution in [-0.2, 0) is 15.1 Å². The Morgan fingerprint density at radius 3 is 2.30 bits per heavy atom. The van der Waals surface area contributed by atoms with Crippen LogP contribution in [0.2, 0.25) is 5.02 Å². The fourth-order valence-electron chi connectivity index (χ4n) is 3.76. The van der Waals surface area contributed by atoms with Crippen molar-refractivity contribution in [3.63, 3.8) is 0 Å². The van der Waals surface area contributed by atoms with Crippen LogP contribution in [-0.4, -0.2) is 42.7 Å². The predicted molar refractivity (Wildman–Crippen MR) is 89.3 cm³/mol. The van der Waals surface area contributed by atoms with Gasteiger partial charge in [0.15, 0.2) is 0 Å². The number of methoxy groups -OCH3 is 1. The van der Waals surface area contributed by atoms with E-state index in [9.17, 15) is 9.90 Å². The number of hydrogen-bond donors (Lipinski definition) is 1. The fraction of sp³-hybridized carbons (Fsp3) is 0.611. The molecule has 1 saturated carbocycles. The maximum Gasteiger partial charge on any atom is 0.231 e. The van der Waals surface area contributed by atoms with E-state index >= 15 is 0 Å². The van der Waals surface area contributed by atoms with Crippen LogP contribution in [0.4, 0.5) is 0 Å². The maximum atomic E-state index is 12.8. The first kappa shape index (κ1) is 16.7. The Morgan fingerprint density at radius 1 is 1.22 bits per heavy atom. The van der Waals surface area contributed by atoms with E-state index in [4.69, 9.17) is 16.3 Å². The summed E-state index contributed by atoms with van der Waals surface area (Å²) in [7, 11) is 1.66. The summed E-state index contributed by atoms with van der Waals surface area (Å²) in [5.74, 6) is 0.198. The smallest absolute Gasteiger partial charge is 0.231 e. The van der Waals surface area contributed by atoms with Crippen molar-refractivity contribution in [2.75, 3.05) is 26.8 Å². The first-order chi connectivity index (χ1) is 11.0. The molecule has 1 aliphatic heterocycles. The quantitative estimate of drug-likeness (QED) is 0.919. The van der Waals surface area contributed by atoms with E-state index in [0.29, 0.717) is 37.6 Å². The summed E-state index contributed by atoms with van der Waals surface area (Å²) in [5, 5.41) is 11.6. The molecule has 0 atom stereocenters. The van der Waals surface area contributed by atoms with Crippen LogP contribution in [0.3, 0.4) is 0 Å². The Labute approximate surface area is 142 Å². The predicted octanol–water partition coefficient (Wildman–Crippen LogP) is 2.97. The van der Waals surface area contributed by atoms with Crippen LogP contribution in [0.15, 0.2) is 24.3 Å². The number of nitrogens with zero attached hydrogens (tertiary/aromatic N) is 1. The van der Waals surface area contributed by atoms with Gasteiger partial charge in [-0.3, -0.25) is 4.79 Å². The molecule has 3 rings (SSSR count). The highest BCUT2D eigenvalue weighted by Gasteiger charge is 2.48. The average molecular weight is 338 g/mol. The van der Waals surface area contributed by atoms with E-state index in [2.05, 4.69) is 0 Å². The Bertz CT molecular complexity index is 560. The topological polar surface area (TPSA) is 49.8 Å². The van der Waals surface area contributed by atoms with Gasteiger partial charge >= 0.3 is 0 Å². The van der Waals surface area contributed by atoms with Gasteiger partial charge in [0.05, 0.1) is 17.6 Å². The number of carbonyl (C=O) groups excluding carboxylic acids is 1. The molecule has 23 heavy (non-hydrogen) atoms. The first-order valence-electron chi connectivity index (χ1n) is 8.26. The number of aliphatic hydroxyl groups is 1. The van der Waals surface area contributed by atoms with Crippen LogP contribution < -0.4 is 0 Å². The van der Waals surface area contributed by atoms with Crippen LogP contribution in [0.1, 0.15) is 37.7 Å². The van der Waals surface area contributed by atoms with Crippen molar-refractivity contribution in [1.29, 1.82) is 0 Å². The molecule has 2 fully saturated rings. The fourth-order valence-corrected chi connectivity index (χ4v) is 3.89. The summed E-state index contributed by atoms with van der Waals surface area (Å²) in [4.78, 5) is 14.7. The minimum atomic E-state index is -0.866. The SMILES string of the molecule is COCC1(C(=O)N2CCC(O)(c3ccc(Cl)cc3)CC2)CCC1. The average Bonchev–Trinajstić information content (AvgIpc) is 2.51. The third-order valence-electron chi connectivity index (χ3n) is 5.44. The third kappa shape index (κ3) is 3.12. The number of ether oxygens (including phenoxy) is 1. The van der Waals surface area contributed by atoms with Gasteiger partial charge in [0.2, 0.25) is 5.91 Å². The molecule has 0 unspecified atom stereocenters. The Kier molecular flexibility index (Phi) is 4.68. The second-order valence-electron chi connectivity index (χ2n) is 6.90. The molecular weight excluding hydrogens is 314 g/mol. The van der Waals surface area contributed by atoms with Crippen LogP contribution in [0.5, 0.6) is 0 Å². The lowest BCUT2D eigenvalue weighted by atomic mass is 9.68. The van der Waals surface area contributed by atoms with Gasteiger partial charge in [-0.2, -0.15) is 0 Å². The molecular formula is C18H24ClNO3. The number of rotatable bonds is 4.